The Morgan fingerprint density at radius 2 is 2.29 bits per heavy atom. The largest absolute Gasteiger partial charge is 0.335 e. The number of rotatable bonds is 4. The van der Waals surface area contributed by atoms with Gasteiger partial charge in [0.2, 0.25) is 5.91 Å². The van der Waals surface area contributed by atoms with Gasteiger partial charge < -0.3 is 9.88 Å². The maximum absolute atomic E-state index is 12.3. The molecule has 0 spiro atoms. The zero-order valence-corrected chi connectivity index (χ0v) is 14.5. The van der Waals surface area contributed by atoms with Crippen LogP contribution in [0.5, 0.6) is 0 Å². The number of carbonyl (C=O) groups is 1. The Morgan fingerprint density at radius 1 is 1.50 bits per heavy atom. The second-order valence-corrected chi connectivity index (χ2v) is 8.34. The van der Waals surface area contributed by atoms with Gasteiger partial charge in [-0.3, -0.25) is 9.59 Å². The van der Waals surface area contributed by atoms with Gasteiger partial charge in [0, 0.05) is 12.1 Å². The molecule has 2 aromatic heterocycles. The molecule has 128 valence electrons. The summed E-state index contributed by atoms with van der Waals surface area (Å²) < 4.78 is 26.6. The lowest BCUT2D eigenvalue weighted by Gasteiger charge is -2.27. The minimum Gasteiger partial charge on any atom is -0.335 e. The topological polar surface area (TPSA) is 112 Å². The van der Waals surface area contributed by atoms with Crippen LogP contribution in [0.1, 0.15) is 17.1 Å². The van der Waals surface area contributed by atoms with Crippen molar-refractivity contribution in [2.24, 2.45) is 0 Å². The number of hydrogen-bond acceptors (Lipinski definition) is 6. The van der Waals surface area contributed by atoms with E-state index in [1.807, 2.05) is 0 Å². The van der Waals surface area contributed by atoms with Crippen molar-refractivity contribution in [2.75, 3.05) is 13.1 Å². The maximum Gasteiger partial charge on any atom is 0.254 e. The molecule has 2 N–H and O–H groups in total. The Bertz CT molecular complexity index is 919. The second-order valence-electron chi connectivity index (χ2n) is 5.40. The SMILES string of the molecule is Cc1nc2c(c(=O)[nH]1)CCN(C(=O)CNS(=O)(=O)c1cccs1)C2. The lowest BCUT2D eigenvalue weighted by atomic mass is 10.1. The number of aromatic amines is 1. The highest BCUT2D eigenvalue weighted by atomic mass is 32.2. The van der Waals surface area contributed by atoms with Gasteiger partial charge in [0.05, 0.1) is 18.8 Å². The molecule has 0 fully saturated rings. The number of H-pyrrole nitrogens is 1. The normalized spacial score (nSPS) is 14.5. The minimum atomic E-state index is -3.67. The first kappa shape index (κ1) is 16.8. The molecule has 0 bridgehead atoms. The fourth-order valence-corrected chi connectivity index (χ4v) is 4.54. The van der Waals surface area contributed by atoms with Crippen LogP contribution in [0, 0.1) is 6.92 Å². The van der Waals surface area contributed by atoms with Crippen molar-refractivity contribution in [1.82, 2.24) is 19.6 Å². The minimum absolute atomic E-state index is 0.170. The molecular formula is C14H16N4O4S2. The van der Waals surface area contributed by atoms with E-state index in [4.69, 9.17) is 0 Å². The molecule has 3 rings (SSSR count). The lowest BCUT2D eigenvalue weighted by Crippen LogP contribution is -2.44. The van der Waals surface area contributed by atoms with Crippen molar-refractivity contribution >= 4 is 27.3 Å². The number of fused-ring (bicyclic) bond motifs is 1. The van der Waals surface area contributed by atoms with Gasteiger partial charge in [-0.1, -0.05) is 6.07 Å². The number of thiophene rings is 1. The molecule has 1 aliphatic rings. The first-order valence-corrected chi connectivity index (χ1v) is 9.63. The molecule has 0 aliphatic carbocycles. The van der Waals surface area contributed by atoms with Gasteiger partial charge in [-0.05, 0) is 24.8 Å². The van der Waals surface area contributed by atoms with E-state index in [1.54, 1.807) is 18.4 Å². The summed E-state index contributed by atoms with van der Waals surface area (Å²) in [6, 6.07) is 3.11. The van der Waals surface area contributed by atoms with Crippen molar-refractivity contribution in [3.63, 3.8) is 0 Å². The molecular weight excluding hydrogens is 352 g/mol. The second kappa shape index (κ2) is 6.46. The van der Waals surface area contributed by atoms with Crippen LogP contribution in [-0.4, -0.2) is 42.3 Å². The summed E-state index contributed by atoms with van der Waals surface area (Å²) in [7, 11) is -3.67. The van der Waals surface area contributed by atoms with E-state index in [0.29, 0.717) is 30.0 Å². The standard InChI is InChI=1S/C14H16N4O4S2/c1-9-16-11-8-18(5-4-10(11)14(20)17-9)12(19)7-15-24(21,22)13-3-2-6-23-13/h2-3,6,15H,4-5,7-8H2,1H3,(H,16,17,20). The quantitative estimate of drug-likeness (QED) is 0.789. The third kappa shape index (κ3) is 3.40. The number of nitrogens with one attached hydrogen (secondary N) is 2. The van der Waals surface area contributed by atoms with Gasteiger partial charge in [-0.25, -0.2) is 18.1 Å². The van der Waals surface area contributed by atoms with E-state index < -0.39 is 10.0 Å². The van der Waals surface area contributed by atoms with Crippen molar-refractivity contribution in [1.29, 1.82) is 0 Å². The number of sulfonamides is 1. The Morgan fingerprint density at radius 3 is 3.00 bits per heavy atom. The van der Waals surface area contributed by atoms with Crippen LogP contribution < -0.4 is 10.3 Å². The van der Waals surface area contributed by atoms with E-state index in [9.17, 15) is 18.0 Å². The molecule has 0 radical (unpaired) electrons. The zero-order chi connectivity index (χ0) is 17.3. The molecule has 1 amide bonds. The van der Waals surface area contributed by atoms with Crippen LogP contribution in [0.25, 0.3) is 0 Å². The summed E-state index contributed by atoms with van der Waals surface area (Å²) in [5.41, 5.74) is 0.976. The highest BCUT2D eigenvalue weighted by Gasteiger charge is 2.25. The number of hydrogen-bond donors (Lipinski definition) is 2. The average Bonchev–Trinajstić information content (AvgIpc) is 3.07. The Balaban J connectivity index is 1.68. The average molecular weight is 368 g/mol. The van der Waals surface area contributed by atoms with Gasteiger partial charge in [0.1, 0.15) is 10.0 Å². The summed E-state index contributed by atoms with van der Waals surface area (Å²) in [6.45, 7) is 1.93. The van der Waals surface area contributed by atoms with E-state index in [-0.39, 0.29) is 28.8 Å². The van der Waals surface area contributed by atoms with Gasteiger partial charge in [0.25, 0.3) is 15.6 Å². The molecule has 10 heteroatoms. The molecule has 2 aromatic rings. The predicted octanol–water partition coefficient (Wildman–Crippen LogP) is 0.00302. The molecule has 24 heavy (non-hydrogen) atoms. The molecule has 0 unspecified atom stereocenters. The van der Waals surface area contributed by atoms with Crippen molar-refractivity contribution in [2.45, 2.75) is 24.1 Å². The first-order valence-electron chi connectivity index (χ1n) is 7.26. The fraction of sp³-hybridized carbons (Fsp3) is 0.357. The van der Waals surface area contributed by atoms with Crippen LogP contribution in [-0.2, 0) is 27.8 Å². The van der Waals surface area contributed by atoms with Crippen molar-refractivity contribution in [3.05, 3.63) is 44.9 Å². The van der Waals surface area contributed by atoms with E-state index in [2.05, 4.69) is 14.7 Å². The number of amides is 1. The van der Waals surface area contributed by atoms with Gasteiger partial charge in [0.15, 0.2) is 0 Å². The highest BCUT2D eigenvalue weighted by Crippen LogP contribution is 2.16. The summed E-state index contributed by atoms with van der Waals surface area (Å²) in [6.07, 6.45) is 0.404. The fourth-order valence-electron chi connectivity index (χ4n) is 2.53. The monoisotopic (exact) mass is 368 g/mol. The third-order valence-electron chi connectivity index (χ3n) is 3.72. The molecule has 0 atom stereocenters. The molecule has 0 saturated carbocycles. The van der Waals surface area contributed by atoms with Crippen LogP contribution in [0.2, 0.25) is 0 Å². The molecule has 8 nitrogen and oxygen atoms in total. The Kier molecular flexibility index (Phi) is 4.52. The third-order valence-corrected chi connectivity index (χ3v) is 6.52. The molecule has 1 aliphatic heterocycles. The molecule has 3 heterocycles. The van der Waals surface area contributed by atoms with Gasteiger partial charge in [-0.15, -0.1) is 11.3 Å². The van der Waals surface area contributed by atoms with Crippen LogP contribution in [0.4, 0.5) is 0 Å². The summed E-state index contributed by atoms with van der Waals surface area (Å²) in [5, 5.41) is 1.66. The Labute approximate surface area is 142 Å². The van der Waals surface area contributed by atoms with E-state index >= 15 is 0 Å². The Hall–Kier alpha value is -2.04. The molecule has 0 aromatic carbocycles. The molecule has 0 saturated heterocycles. The van der Waals surface area contributed by atoms with Crippen molar-refractivity contribution in [3.8, 4) is 0 Å². The van der Waals surface area contributed by atoms with Crippen LogP contribution >= 0.6 is 11.3 Å². The smallest absolute Gasteiger partial charge is 0.254 e. The van der Waals surface area contributed by atoms with Crippen molar-refractivity contribution < 1.29 is 13.2 Å². The number of carbonyl (C=O) groups excluding carboxylic acids is 1. The lowest BCUT2D eigenvalue weighted by molar-refractivity contribution is -0.130. The first-order chi connectivity index (χ1) is 11.4. The van der Waals surface area contributed by atoms with E-state index in [1.165, 1.54) is 11.0 Å². The van der Waals surface area contributed by atoms with E-state index in [0.717, 1.165) is 11.3 Å². The summed E-state index contributed by atoms with van der Waals surface area (Å²) >= 11 is 1.09. The predicted molar refractivity (Wildman–Crippen MR) is 88.2 cm³/mol. The summed E-state index contributed by atoms with van der Waals surface area (Å²) in [4.78, 5) is 32.6. The number of nitrogens with zero attached hydrogens (tertiary/aromatic N) is 2. The zero-order valence-electron chi connectivity index (χ0n) is 12.9. The maximum atomic E-state index is 12.3. The number of aromatic nitrogens is 2. The van der Waals surface area contributed by atoms with Gasteiger partial charge >= 0.3 is 0 Å². The van der Waals surface area contributed by atoms with Crippen LogP contribution in [0.3, 0.4) is 0 Å². The van der Waals surface area contributed by atoms with Crippen LogP contribution in [0.15, 0.2) is 26.5 Å². The van der Waals surface area contributed by atoms with Gasteiger partial charge in [-0.2, -0.15) is 0 Å². The highest BCUT2D eigenvalue weighted by molar-refractivity contribution is 7.91. The summed E-state index contributed by atoms with van der Waals surface area (Å²) in [5.74, 6) is 0.145. The number of aryl methyl sites for hydroxylation is 1.